The standard InChI is InChI=1S/C12H10O4/c13-10-8-4-1-2-5-9(8)11(14)16-12(15-10)6-3-7-12/h1-2,4-5H,3,6-7H2. The Bertz CT molecular complexity index is 435. The molecule has 0 amide bonds. The topological polar surface area (TPSA) is 52.6 Å². The van der Waals surface area contributed by atoms with Gasteiger partial charge in [-0.25, -0.2) is 9.59 Å². The summed E-state index contributed by atoms with van der Waals surface area (Å²) in [6.45, 7) is 0. The molecule has 3 rings (SSSR count). The van der Waals surface area contributed by atoms with E-state index in [1.165, 1.54) is 0 Å². The molecule has 0 radical (unpaired) electrons. The van der Waals surface area contributed by atoms with Crippen LogP contribution in [0.25, 0.3) is 0 Å². The lowest BCUT2D eigenvalue weighted by atomic mass is 9.91. The van der Waals surface area contributed by atoms with Crippen LogP contribution in [0.5, 0.6) is 0 Å². The van der Waals surface area contributed by atoms with Gasteiger partial charge in [0.2, 0.25) is 0 Å². The second kappa shape index (κ2) is 3.07. The molecule has 4 heteroatoms. The Morgan fingerprint density at radius 3 is 1.81 bits per heavy atom. The molecule has 1 fully saturated rings. The minimum Gasteiger partial charge on any atom is -0.419 e. The van der Waals surface area contributed by atoms with Gasteiger partial charge in [0.25, 0.3) is 5.79 Å². The van der Waals surface area contributed by atoms with Crippen molar-refractivity contribution in [1.82, 2.24) is 0 Å². The van der Waals surface area contributed by atoms with Crippen LogP contribution in [-0.2, 0) is 9.47 Å². The van der Waals surface area contributed by atoms with Gasteiger partial charge in [-0.2, -0.15) is 0 Å². The molecule has 1 spiro atoms. The molecule has 82 valence electrons. The third-order valence-electron chi connectivity index (χ3n) is 3.04. The Hall–Kier alpha value is -1.84. The maximum atomic E-state index is 11.8. The summed E-state index contributed by atoms with van der Waals surface area (Å²) in [7, 11) is 0. The van der Waals surface area contributed by atoms with Crippen LogP contribution in [0.4, 0.5) is 0 Å². The smallest absolute Gasteiger partial charge is 0.342 e. The van der Waals surface area contributed by atoms with E-state index in [1.807, 2.05) is 0 Å². The zero-order valence-corrected chi connectivity index (χ0v) is 8.56. The fraction of sp³-hybridized carbons (Fsp3) is 0.333. The Balaban J connectivity index is 2.07. The number of carbonyl (C=O) groups is 2. The molecular formula is C12H10O4. The van der Waals surface area contributed by atoms with E-state index in [4.69, 9.17) is 9.47 Å². The summed E-state index contributed by atoms with van der Waals surface area (Å²) in [6.07, 6.45) is 2.11. The summed E-state index contributed by atoms with van der Waals surface area (Å²) in [6, 6.07) is 6.56. The molecule has 2 aliphatic rings. The second-order valence-corrected chi connectivity index (χ2v) is 4.09. The van der Waals surface area contributed by atoms with Crippen molar-refractivity contribution in [2.24, 2.45) is 0 Å². The van der Waals surface area contributed by atoms with Gasteiger partial charge in [-0.15, -0.1) is 0 Å². The molecule has 0 N–H and O–H groups in total. The monoisotopic (exact) mass is 218 g/mol. The van der Waals surface area contributed by atoms with Crippen molar-refractivity contribution in [3.63, 3.8) is 0 Å². The van der Waals surface area contributed by atoms with E-state index in [2.05, 4.69) is 0 Å². The highest BCUT2D eigenvalue weighted by Crippen LogP contribution is 2.40. The third-order valence-corrected chi connectivity index (χ3v) is 3.04. The zero-order chi connectivity index (χ0) is 11.2. The number of carbonyl (C=O) groups excluding carboxylic acids is 2. The summed E-state index contributed by atoms with van der Waals surface area (Å²) in [5.74, 6) is -1.94. The van der Waals surface area contributed by atoms with Crippen LogP contribution < -0.4 is 0 Å². The lowest BCUT2D eigenvalue weighted by Gasteiger charge is -2.37. The first kappa shape index (κ1) is 9.39. The largest absolute Gasteiger partial charge is 0.419 e. The summed E-state index contributed by atoms with van der Waals surface area (Å²) < 4.78 is 10.5. The Morgan fingerprint density at radius 1 is 0.938 bits per heavy atom. The minimum absolute atomic E-state index is 0.288. The Kier molecular flexibility index (Phi) is 1.80. The number of benzene rings is 1. The molecule has 0 unspecified atom stereocenters. The van der Waals surface area contributed by atoms with Crippen LogP contribution in [-0.4, -0.2) is 17.7 Å². The summed E-state index contributed by atoms with van der Waals surface area (Å²) in [4.78, 5) is 23.6. The quantitative estimate of drug-likeness (QED) is 0.624. The van der Waals surface area contributed by atoms with Crippen molar-refractivity contribution in [2.75, 3.05) is 0 Å². The number of rotatable bonds is 0. The molecule has 1 aliphatic carbocycles. The summed E-state index contributed by atoms with van der Waals surface area (Å²) in [5, 5.41) is 0. The molecule has 1 heterocycles. The van der Waals surface area contributed by atoms with Gasteiger partial charge in [0.1, 0.15) is 0 Å². The molecule has 0 atom stereocenters. The van der Waals surface area contributed by atoms with Gasteiger partial charge in [-0.3, -0.25) is 0 Å². The van der Waals surface area contributed by atoms with Crippen molar-refractivity contribution in [1.29, 1.82) is 0 Å². The van der Waals surface area contributed by atoms with E-state index in [0.717, 1.165) is 6.42 Å². The molecule has 0 saturated heterocycles. The average molecular weight is 218 g/mol. The lowest BCUT2D eigenvalue weighted by molar-refractivity contribution is -0.209. The van der Waals surface area contributed by atoms with Gasteiger partial charge in [0, 0.05) is 12.8 Å². The van der Waals surface area contributed by atoms with Gasteiger partial charge >= 0.3 is 11.9 Å². The number of esters is 2. The predicted molar refractivity (Wildman–Crippen MR) is 53.9 cm³/mol. The van der Waals surface area contributed by atoms with Crippen LogP contribution in [0.15, 0.2) is 24.3 Å². The molecule has 0 bridgehead atoms. The van der Waals surface area contributed by atoms with Gasteiger partial charge in [0.05, 0.1) is 11.1 Å². The predicted octanol–water partition coefficient (Wildman–Crippen LogP) is 1.89. The zero-order valence-electron chi connectivity index (χ0n) is 8.56. The highest BCUT2D eigenvalue weighted by Gasteiger charge is 2.47. The first-order valence-corrected chi connectivity index (χ1v) is 5.26. The summed E-state index contributed by atoms with van der Waals surface area (Å²) >= 11 is 0. The highest BCUT2D eigenvalue weighted by molar-refractivity contribution is 6.04. The van der Waals surface area contributed by atoms with Crippen molar-refractivity contribution >= 4 is 11.9 Å². The van der Waals surface area contributed by atoms with Gasteiger partial charge in [-0.1, -0.05) is 12.1 Å². The van der Waals surface area contributed by atoms with Crippen LogP contribution in [0.2, 0.25) is 0 Å². The van der Waals surface area contributed by atoms with Gasteiger partial charge in [0.15, 0.2) is 0 Å². The van der Waals surface area contributed by atoms with E-state index in [9.17, 15) is 9.59 Å². The maximum Gasteiger partial charge on any atom is 0.342 e. The fourth-order valence-corrected chi connectivity index (χ4v) is 1.98. The highest BCUT2D eigenvalue weighted by atomic mass is 16.7. The maximum absolute atomic E-state index is 11.8. The van der Waals surface area contributed by atoms with E-state index in [0.29, 0.717) is 12.8 Å². The molecule has 1 saturated carbocycles. The first-order chi connectivity index (χ1) is 7.70. The van der Waals surface area contributed by atoms with Crippen molar-refractivity contribution in [3.05, 3.63) is 35.4 Å². The normalized spacial score (nSPS) is 21.5. The lowest BCUT2D eigenvalue weighted by Crippen LogP contribution is -2.44. The average Bonchev–Trinajstić information content (AvgIpc) is 2.36. The molecular weight excluding hydrogens is 208 g/mol. The SMILES string of the molecule is O=C1OC2(CCC2)OC(=O)c2ccccc21. The Labute approximate surface area is 92.2 Å². The molecule has 16 heavy (non-hydrogen) atoms. The van der Waals surface area contributed by atoms with Crippen molar-refractivity contribution in [3.8, 4) is 0 Å². The van der Waals surface area contributed by atoms with E-state index in [1.54, 1.807) is 24.3 Å². The van der Waals surface area contributed by atoms with Crippen LogP contribution >= 0.6 is 0 Å². The van der Waals surface area contributed by atoms with Gasteiger partial charge < -0.3 is 9.47 Å². The minimum atomic E-state index is -0.993. The number of ether oxygens (including phenoxy) is 2. The van der Waals surface area contributed by atoms with E-state index >= 15 is 0 Å². The number of fused-ring (bicyclic) bond motifs is 1. The fourth-order valence-electron chi connectivity index (χ4n) is 1.98. The third kappa shape index (κ3) is 1.23. The number of hydrogen-bond donors (Lipinski definition) is 0. The first-order valence-electron chi connectivity index (χ1n) is 5.26. The Morgan fingerprint density at radius 2 is 1.44 bits per heavy atom. The van der Waals surface area contributed by atoms with Gasteiger partial charge in [-0.05, 0) is 18.6 Å². The van der Waals surface area contributed by atoms with Crippen molar-refractivity contribution < 1.29 is 19.1 Å². The van der Waals surface area contributed by atoms with E-state index < -0.39 is 17.7 Å². The number of hydrogen-bond acceptors (Lipinski definition) is 4. The summed E-state index contributed by atoms with van der Waals surface area (Å²) in [5.41, 5.74) is 0.576. The molecule has 1 aliphatic heterocycles. The van der Waals surface area contributed by atoms with Crippen LogP contribution in [0.1, 0.15) is 40.0 Å². The van der Waals surface area contributed by atoms with Crippen LogP contribution in [0, 0.1) is 0 Å². The molecule has 4 nitrogen and oxygen atoms in total. The molecule has 1 aromatic rings. The molecule has 0 aromatic heterocycles. The molecule has 1 aromatic carbocycles. The van der Waals surface area contributed by atoms with Crippen molar-refractivity contribution in [2.45, 2.75) is 25.0 Å². The van der Waals surface area contributed by atoms with E-state index in [-0.39, 0.29) is 11.1 Å². The second-order valence-electron chi connectivity index (χ2n) is 4.09. The van der Waals surface area contributed by atoms with Crippen LogP contribution in [0.3, 0.4) is 0 Å².